The van der Waals surface area contributed by atoms with Crippen LogP contribution in [0.15, 0.2) is 121 Å². The van der Waals surface area contributed by atoms with Gasteiger partial charge in [0.15, 0.2) is 0 Å². The van der Waals surface area contributed by atoms with Gasteiger partial charge in [0.25, 0.3) is 0 Å². The molecule has 2 nitrogen and oxygen atoms in total. The van der Waals surface area contributed by atoms with Gasteiger partial charge in [0.1, 0.15) is 0 Å². The summed E-state index contributed by atoms with van der Waals surface area (Å²) in [7, 11) is -0.849. The molecule has 0 unspecified atom stereocenters. The summed E-state index contributed by atoms with van der Waals surface area (Å²) in [4.78, 5) is 0. The average molecular weight is 735 g/mol. The van der Waals surface area contributed by atoms with Crippen molar-refractivity contribution in [3.63, 3.8) is 0 Å². The van der Waals surface area contributed by atoms with Crippen molar-refractivity contribution in [3.05, 3.63) is 121 Å². The number of rotatable bonds is 4. The third kappa shape index (κ3) is 27.5. The van der Waals surface area contributed by atoms with Crippen molar-refractivity contribution in [1.82, 2.24) is 0 Å². The summed E-state index contributed by atoms with van der Waals surface area (Å²) in [6, 6.07) is 46.2. The third-order valence-electron chi connectivity index (χ3n) is 5.40. The molecular weight excluding hydrogens is 680 g/mol. The fourth-order valence-electron chi connectivity index (χ4n) is 3.09. The summed E-state index contributed by atoms with van der Waals surface area (Å²) in [6.07, 6.45) is 0. The van der Waals surface area contributed by atoms with Gasteiger partial charge in [0.2, 0.25) is 0 Å². The minimum atomic E-state index is -0.212. The van der Waals surface area contributed by atoms with Gasteiger partial charge in [-0.3, -0.25) is 0 Å². The van der Waals surface area contributed by atoms with Gasteiger partial charge in [0.05, 0.1) is 86.7 Å². The van der Waals surface area contributed by atoms with E-state index in [1.54, 1.807) is 12.1 Å². The summed E-state index contributed by atoms with van der Waals surface area (Å²) >= 11 is 0. The van der Waals surface area contributed by atoms with Crippen LogP contribution in [0.4, 0.5) is 0 Å². The molecule has 0 heterocycles. The van der Waals surface area contributed by atoms with E-state index in [1.807, 2.05) is 0 Å². The molecule has 0 saturated heterocycles. The van der Waals surface area contributed by atoms with Crippen molar-refractivity contribution in [1.29, 1.82) is 10.5 Å². The molecule has 0 amide bonds. The molecule has 228 valence electrons. The SMILES string of the molecule is CC#N.CC#N.C[PH+](C)c1ccccc1.C[PH+](C)c1ccccc1.C[PH+](C)c1ccccc1.C[PH+](C)c1ccccc1.[Mo+2]. The summed E-state index contributed by atoms with van der Waals surface area (Å²) in [5.74, 6) is 0. The van der Waals surface area contributed by atoms with E-state index in [-0.39, 0.29) is 52.8 Å². The fourth-order valence-corrected chi connectivity index (χ4v) is 6.52. The molecule has 0 radical (unpaired) electrons. The summed E-state index contributed by atoms with van der Waals surface area (Å²) in [5.41, 5.74) is 0. The predicted molar refractivity (Wildman–Crippen MR) is 208 cm³/mol. The van der Waals surface area contributed by atoms with Crippen LogP contribution in [0.1, 0.15) is 13.8 Å². The number of benzene rings is 4. The smallest absolute Gasteiger partial charge is 0.199 e. The van der Waals surface area contributed by atoms with E-state index in [0.29, 0.717) is 0 Å². The molecule has 0 atom stereocenters. The predicted octanol–water partition coefficient (Wildman–Crippen LogP) is 8.20. The van der Waals surface area contributed by atoms with Crippen LogP contribution in [0.25, 0.3) is 0 Å². The Morgan fingerprint density at radius 1 is 0.349 bits per heavy atom. The van der Waals surface area contributed by atoms with Crippen LogP contribution in [0.5, 0.6) is 0 Å². The van der Waals surface area contributed by atoms with E-state index in [4.69, 9.17) is 10.5 Å². The maximum Gasteiger partial charge on any atom is 2.00 e. The zero-order valence-corrected chi connectivity index (χ0v) is 33.9. The van der Waals surface area contributed by atoms with Gasteiger partial charge in [-0.15, -0.1) is 0 Å². The standard InChI is InChI=1S/4C8H11P.2C2H3N.Mo/c4*1-9(2)8-6-4-3-5-7-8;2*1-2-3;/h4*3-7H,1-2H3;2*1H3;/q;;;;;;+2/p+4. The maximum absolute atomic E-state index is 7.32. The monoisotopic (exact) mass is 736 g/mol. The summed E-state index contributed by atoms with van der Waals surface area (Å²) in [5, 5.41) is 20.7. The Labute approximate surface area is 283 Å². The van der Waals surface area contributed by atoms with Gasteiger partial charge in [-0.2, -0.15) is 10.5 Å². The molecular formula is C36H54MoN2P4+6. The van der Waals surface area contributed by atoms with E-state index in [9.17, 15) is 0 Å². The van der Waals surface area contributed by atoms with Gasteiger partial charge in [-0.1, -0.05) is 72.8 Å². The molecule has 43 heavy (non-hydrogen) atoms. The molecule has 0 aliphatic heterocycles. The molecule has 0 aliphatic rings. The minimum Gasteiger partial charge on any atom is -0.199 e. The fraction of sp³-hybridized carbons (Fsp3) is 0.278. The van der Waals surface area contributed by atoms with Crippen molar-refractivity contribution in [2.24, 2.45) is 0 Å². The second kappa shape index (κ2) is 31.7. The van der Waals surface area contributed by atoms with Crippen LogP contribution in [-0.4, -0.2) is 53.3 Å². The van der Waals surface area contributed by atoms with Crippen LogP contribution in [0, 0.1) is 22.7 Å². The van der Waals surface area contributed by atoms with Gasteiger partial charge >= 0.3 is 21.1 Å². The van der Waals surface area contributed by atoms with Crippen LogP contribution in [0.2, 0.25) is 0 Å². The first kappa shape index (κ1) is 45.7. The Balaban J connectivity index is -0.000000464. The molecule has 0 aliphatic carbocycles. The number of hydrogen-bond acceptors (Lipinski definition) is 2. The molecule has 0 bridgehead atoms. The van der Waals surface area contributed by atoms with E-state index in [0.717, 1.165) is 0 Å². The van der Waals surface area contributed by atoms with E-state index in [1.165, 1.54) is 35.1 Å². The van der Waals surface area contributed by atoms with Crippen molar-refractivity contribution in [2.45, 2.75) is 13.8 Å². The normalized spacial score (nSPS) is 8.84. The van der Waals surface area contributed by atoms with Gasteiger partial charge < -0.3 is 0 Å². The van der Waals surface area contributed by atoms with Gasteiger partial charge in [-0.25, -0.2) is 0 Å². The third-order valence-corrected chi connectivity index (χ3v) is 11.4. The topological polar surface area (TPSA) is 47.6 Å². The van der Waals surface area contributed by atoms with Crippen LogP contribution in [-0.2, 0) is 21.1 Å². The maximum atomic E-state index is 7.32. The Hall–Kier alpha value is -1.73. The molecule has 0 N–H and O–H groups in total. The van der Waals surface area contributed by atoms with Crippen molar-refractivity contribution in [2.75, 3.05) is 53.3 Å². The summed E-state index contributed by atoms with van der Waals surface area (Å²) in [6.45, 7) is 21.3. The summed E-state index contributed by atoms with van der Waals surface area (Å²) < 4.78 is 0. The van der Waals surface area contributed by atoms with E-state index in [2.05, 4.69) is 175 Å². The zero-order chi connectivity index (χ0) is 32.2. The van der Waals surface area contributed by atoms with Crippen molar-refractivity contribution < 1.29 is 21.1 Å². The van der Waals surface area contributed by atoms with Gasteiger partial charge in [0, 0.05) is 45.5 Å². The average Bonchev–Trinajstić information content (AvgIpc) is 3.01. The zero-order valence-electron chi connectivity index (χ0n) is 27.8. The number of nitriles is 2. The van der Waals surface area contributed by atoms with Crippen LogP contribution in [0.3, 0.4) is 0 Å². The number of hydrogen-bond donors (Lipinski definition) is 0. The van der Waals surface area contributed by atoms with Crippen molar-refractivity contribution >= 4 is 52.9 Å². The second-order valence-corrected chi connectivity index (χ2v) is 20.2. The first-order valence-corrected chi connectivity index (χ1v) is 24.1. The van der Waals surface area contributed by atoms with Crippen LogP contribution < -0.4 is 21.2 Å². The molecule has 0 aromatic heterocycles. The molecule has 4 aromatic carbocycles. The first-order chi connectivity index (χ1) is 20.0. The first-order valence-electron chi connectivity index (χ1n) is 14.1. The van der Waals surface area contributed by atoms with E-state index < -0.39 is 0 Å². The Kier molecular flexibility index (Phi) is 33.7. The Morgan fingerprint density at radius 3 is 0.535 bits per heavy atom. The van der Waals surface area contributed by atoms with Crippen LogP contribution >= 0.6 is 31.7 Å². The second-order valence-electron chi connectivity index (χ2n) is 9.91. The Bertz CT molecular complexity index is 1020. The van der Waals surface area contributed by atoms with Gasteiger partial charge in [-0.05, 0) is 48.5 Å². The molecule has 0 spiro atoms. The molecule has 0 fully saturated rings. The Morgan fingerprint density at radius 2 is 0.465 bits per heavy atom. The molecule has 7 heteroatoms. The largest absolute Gasteiger partial charge is 2.00 e. The molecule has 4 aromatic rings. The van der Waals surface area contributed by atoms with E-state index >= 15 is 0 Å². The minimum absolute atomic E-state index is 0. The van der Waals surface area contributed by atoms with Crippen molar-refractivity contribution in [3.8, 4) is 12.1 Å². The quantitative estimate of drug-likeness (QED) is 0.157. The number of nitrogens with zero attached hydrogens (tertiary/aromatic N) is 2. The molecule has 4 rings (SSSR count). The molecule has 0 saturated carbocycles.